The molecule has 0 aliphatic carbocycles. The molecule has 0 fully saturated rings. The normalized spacial score (nSPS) is 10.4. The molecule has 25 heavy (non-hydrogen) atoms. The summed E-state index contributed by atoms with van der Waals surface area (Å²) in [6.45, 7) is 2.34. The van der Waals surface area contributed by atoms with Crippen LogP contribution in [0.15, 0.2) is 42.6 Å². The van der Waals surface area contributed by atoms with Gasteiger partial charge in [-0.2, -0.15) is 15.0 Å². The van der Waals surface area contributed by atoms with Crippen LogP contribution in [0.4, 0.5) is 10.6 Å². The Bertz CT molecular complexity index is 942. The fourth-order valence-corrected chi connectivity index (χ4v) is 2.34. The number of carbonyl (C=O) groups is 1. The number of carbonyl (C=O) groups excluding carboxylic acids is 1. The van der Waals surface area contributed by atoms with E-state index >= 15 is 0 Å². The van der Waals surface area contributed by atoms with Crippen molar-refractivity contribution in [3.05, 3.63) is 48.2 Å². The number of unbranched alkanes of at least 4 members (excludes halogenated alkanes) is 1. The van der Waals surface area contributed by atoms with Gasteiger partial charge in [-0.05, 0) is 24.6 Å². The van der Waals surface area contributed by atoms with Crippen LogP contribution in [-0.4, -0.2) is 27.5 Å². The number of hydrogen-bond donors (Lipinski definition) is 1. The van der Waals surface area contributed by atoms with Crippen molar-refractivity contribution < 1.29 is 9.53 Å². The van der Waals surface area contributed by atoms with Crippen LogP contribution in [-0.2, 0) is 4.74 Å². The highest BCUT2D eigenvalue weighted by atomic mass is 16.5. The molecule has 2 aromatic heterocycles. The quantitative estimate of drug-likeness (QED) is 0.719. The molecule has 0 spiro atoms. The molecule has 0 saturated heterocycles. The maximum absolute atomic E-state index is 11.9. The van der Waals surface area contributed by atoms with Crippen molar-refractivity contribution in [2.45, 2.75) is 19.8 Å². The Hall–Kier alpha value is -3.40. The molecular weight excluding hydrogens is 318 g/mol. The lowest BCUT2D eigenvalue weighted by atomic mass is 10.2. The van der Waals surface area contributed by atoms with Crippen LogP contribution in [0.3, 0.4) is 0 Å². The first kappa shape index (κ1) is 16.5. The van der Waals surface area contributed by atoms with Gasteiger partial charge in [-0.25, -0.2) is 9.78 Å². The van der Waals surface area contributed by atoms with Crippen molar-refractivity contribution in [3.63, 3.8) is 0 Å². The largest absolute Gasteiger partial charge is 0.449 e. The van der Waals surface area contributed by atoms with Gasteiger partial charge < -0.3 is 4.74 Å². The molecule has 7 heteroatoms. The van der Waals surface area contributed by atoms with Crippen molar-refractivity contribution in [2.24, 2.45) is 0 Å². The second kappa shape index (κ2) is 7.45. The van der Waals surface area contributed by atoms with E-state index in [9.17, 15) is 10.1 Å². The standard InChI is InChI=1S/C18H17N5O2/c1-2-3-10-25-18(24)22-17-14(11-19)12-20-23(17)16-9-8-13-6-4-5-7-15(13)21-16/h4-9,12H,2-3,10H2,1H3,(H,22,24). The lowest BCUT2D eigenvalue weighted by Crippen LogP contribution is -2.18. The van der Waals surface area contributed by atoms with Crippen LogP contribution >= 0.6 is 0 Å². The van der Waals surface area contributed by atoms with Crippen LogP contribution in [0.1, 0.15) is 25.3 Å². The number of anilines is 1. The molecule has 126 valence electrons. The molecule has 0 radical (unpaired) electrons. The molecule has 3 rings (SSSR count). The van der Waals surface area contributed by atoms with E-state index in [-0.39, 0.29) is 11.4 Å². The average Bonchev–Trinajstić information content (AvgIpc) is 3.04. The Morgan fingerprint density at radius 2 is 2.16 bits per heavy atom. The Balaban J connectivity index is 1.92. The zero-order valence-corrected chi connectivity index (χ0v) is 13.8. The van der Waals surface area contributed by atoms with Gasteiger partial charge in [0.25, 0.3) is 0 Å². The third-order valence-electron chi connectivity index (χ3n) is 3.64. The summed E-state index contributed by atoms with van der Waals surface area (Å²) in [4.78, 5) is 16.5. The molecule has 1 aromatic carbocycles. The minimum Gasteiger partial charge on any atom is -0.449 e. The molecule has 0 aliphatic rings. The topological polar surface area (TPSA) is 92.8 Å². The van der Waals surface area contributed by atoms with E-state index in [1.54, 1.807) is 6.07 Å². The van der Waals surface area contributed by atoms with Gasteiger partial charge in [0.1, 0.15) is 11.6 Å². The Morgan fingerprint density at radius 3 is 2.96 bits per heavy atom. The third kappa shape index (κ3) is 3.58. The number of nitrogens with one attached hydrogen (secondary N) is 1. The molecular formula is C18H17N5O2. The molecule has 1 N–H and O–H groups in total. The van der Waals surface area contributed by atoms with Crippen molar-refractivity contribution in [1.29, 1.82) is 5.26 Å². The van der Waals surface area contributed by atoms with Crippen LogP contribution < -0.4 is 5.32 Å². The van der Waals surface area contributed by atoms with Crippen LogP contribution in [0, 0.1) is 11.3 Å². The predicted octanol–water partition coefficient (Wildman–Crippen LogP) is 3.64. The fraction of sp³-hybridized carbons (Fsp3) is 0.222. The minimum absolute atomic E-state index is 0.238. The SMILES string of the molecule is CCCCOC(=O)Nc1c(C#N)cnn1-c1ccc2ccccc2n1. The first-order valence-corrected chi connectivity index (χ1v) is 8.01. The highest BCUT2D eigenvalue weighted by Gasteiger charge is 2.16. The predicted molar refractivity (Wildman–Crippen MR) is 93.5 cm³/mol. The maximum Gasteiger partial charge on any atom is 0.412 e. The average molecular weight is 335 g/mol. The monoisotopic (exact) mass is 335 g/mol. The minimum atomic E-state index is -0.618. The summed E-state index contributed by atoms with van der Waals surface area (Å²) in [5.41, 5.74) is 1.04. The summed E-state index contributed by atoms with van der Waals surface area (Å²) >= 11 is 0. The van der Waals surface area contributed by atoms with Gasteiger partial charge >= 0.3 is 6.09 Å². The molecule has 7 nitrogen and oxygen atoms in total. The summed E-state index contributed by atoms with van der Waals surface area (Å²) in [5.74, 6) is 0.746. The summed E-state index contributed by atoms with van der Waals surface area (Å²) in [5, 5.41) is 17.0. The molecule has 1 amide bonds. The van der Waals surface area contributed by atoms with Crippen molar-refractivity contribution in [1.82, 2.24) is 14.8 Å². The second-order valence-electron chi connectivity index (χ2n) is 5.41. The first-order valence-electron chi connectivity index (χ1n) is 8.01. The zero-order valence-electron chi connectivity index (χ0n) is 13.8. The highest BCUT2D eigenvalue weighted by molar-refractivity contribution is 5.86. The molecule has 0 saturated carbocycles. The van der Waals surface area contributed by atoms with Gasteiger partial charge in [-0.3, -0.25) is 5.32 Å². The first-order chi connectivity index (χ1) is 12.2. The van der Waals surface area contributed by atoms with E-state index < -0.39 is 6.09 Å². The number of hydrogen-bond acceptors (Lipinski definition) is 5. The Labute approximate surface area is 144 Å². The maximum atomic E-state index is 11.9. The van der Waals surface area contributed by atoms with Gasteiger partial charge in [-0.15, -0.1) is 0 Å². The molecule has 0 unspecified atom stereocenters. The Morgan fingerprint density at radius 1 is 1.32 bits per heavy atom. The summed E-state index contributed by atoms with van der Waals surface area (Å²) < 4.78 is 6.52. The van der Waals surface area contributed by atoms with Gasteiger partial charge in [0.2, 0.25) is 0 Å². The number of nitriles is 1. The van der Waals surface area contributed by atoms with Crippen molar-refractivity contribution >= 4 is 22.8 Å². The van der Waals surface area contributed by atoms with Crippen LogP contribution in [0.5, 0.6) is 0 Å². The zero-order chi connectivity index (χ0) is 17.6. The van der Waals surface area contributed by atoms with Crippen molar-refractivity contribution in [3.8, 4) is 11.9 Å². The number of benzene rings is 1. The van der Waals surface area contributed by atoms with Crippen LogP contribution in [0.2, 0.25) is 0 Å². The number of para-hydroxylation sites is 1. The molecule has 0 atom stereocenters. The van der Waals surface area contributed by atoms with E-state index in [2.05, 4.69) is 15.4 Å². The van der Waals surface area contributed by atoms with Gasteiger partial charge in [0.05, 0.1) is 18.3 Å². The number of rotatable bonds is 5. The fourth-order valence-electron chi connectivity index (χ4n) is 2.34. The van der Waals surface area contributed by atoms with E-state index in [0.717, 1.165) is 23.7 Å². The molecule has 3 aromatic rings. The van der Waals surface area contributed by atoms with E-state index in [1.165, 1.54) is 10.9 Å². The number of ether oxygens (including phenoxy) is 1. The van der Waals surface area contributed by atoms with Gasteiger partial charge in [-0.1, -0.05) is 31.5 Å². The smallest absolute Gasteiger partial charge is 0.412 e. The summed E-state index contributed by atoms with van der Waals surface area (Å²) in [6.07, 6.45) is 2.48. The second-order valence-corrected chi connectivity index (χ2v) is 5.41. The number of fused-ring (bicyclic) bond motifs is 1. The molecule has 0 bridgehead atoms. The van der Waals surface area contributed by atoms with E-state index in [0.29, 0.717) is 12.4 Å². The van der Waals surface area contributed by atoms with Crippen molar-refractivity contribution in [2.75, 3.05) is 11.9 Å². The number of nitrogens with zero attached hydrogens (tertiary/aromatic N) is 4. The number of aromatic nitrogens is 3. The van der Waals surface area contributed by atoms with Gasteiger partial charge in [0, 0.05) is 5.39 Å². The summed E-state index contributed by atoms with van der Waals surface area (Å²) in [7, 11) is 0. The molecule has 0 aliphatic heterocycles. The third-order valence-corrected chi connectivity index (χ3v) is 3.64. The number of amides is 1. The van der Waals surface area contributed by atoms with E-state index in [1.807, 2.05) is 43.3 Å². The lowest BCUT2D eigenvalue weighted by molar-refractivity contribution is 0.159. The van der Waals surface area contributed by atoms with Gasteiger partial charge in [0.15, 0.2) is 11.6 Å². The number of pyridine rings is 1. The highest BCUT2D eigenvalue weighted by Crippen LogP contribution is 2.21. The summed E-state index contributed by atoms with van der Waals surface area (Å²) in [6, 6.07) is 13.4. The lowest BCUT2D eigenvalue weighted by Gasteiger charge is -2.10. The van der Waals surface area contributed by atoms with Crippen LogP contribution in [0.25, 0.3) is 16.7 Å². The van der Waals surface area contributed by atoms with E-state index in [4.69, 9.17) is 4.74 Å². The Kier molecular flexibility index (Phi) is 4.90. The molecule has 2 heterocycles.